The number of aliphatic hydroxyl groups excluding tert-OH is 1. The van der Waals surface area contributed by atoms with Crippen LogP contribution in [0.15, 0.2) is 36.5 Å². The summed E-state index contributed by atoms with van der Waals surface area (Å²) in [5.41, 5.74) is 0.741. The molecule has 3 rings (SSSR count). The number of hydrogen-bond donors (Lipinski definition) is 3. The molecule has 0 radical (unpaired) electrons. The summed E-state index contributed by atoms with van der Waals surface area (Å²) in [7, 11) is 0. The summed E-state index contributed by atoms with van der Waals surface area (Å²) in [6, 6.07) is 9.56. The largest absolute Gasteiger partial charge is 0.481 e. The second-order valence-electron chi connectivity index (χ2n) is 7.60. The van der Waals surface area contributed by atoms with Gasteiger partial charge < -0.3 is 15.2 Å². The smallest absolute Gasteiger partial charge is 0.313 e. The van der Waals surface area contributed by atoms with Gasteiger partial charge in [0.1, 0.15) is 11.2 Å². The number of imidazole rings is 1. The molecule has 0 spiro atoms. The number of piperidine rings is 1. The van der Waals surface area contributed by atoms with Gasteiger partial charge in [-0.25, -0.2) is 4.98 Å². The van der Waals surface area contributed by atoms with Crippen molar-refractivity contribution in [1.82, 2.24) is 14.9 Å². The Morgan fingerprint density at radius 1 is 1.37 bits per heavy atom. The number of carbonyl (C=O) groups is 1. The zero-order valence-electron chi connectivity index (χ0n) is 15.9. The molecule has 1 saturated heterocycles. The van der Waals surface area contributed by atoms with Gasteiger partial charge in [0.15, 0.2) is 0 Å². The van der Waals surface area contributed by atoms with Crippen molar-refractivity contribution in [3.63, 3.8) is 0 Å². The van der Waals surface area contributed by atoms with Gasteiger partial charge in [-0.2, -0.15) is 0 Å². The minimum Gasteiger partial charge on any atom is -0.481 e. The number of unbranched alkanes of at least 4 members (excludes halogenated alkanes) is 1. The first-order chi connectivity index (χ1) is 13.0. The van der Waals surface area contributed by atoms with Gasteiger partial charge in [0.25, 0.3) is 0 Å². The number of aromatic amines is 1. The first-order valence-corrected chi connectivity index (χ1v) is 9.74. The van der Waals surface area contributed by atoms with Crippen LogP contribution in [0, 0.1) is 5.41 Å². The lowest BCUT2D eigenvalue weighted by Crippen LogP contribution is -2.56. The summed E-state index contributed by atoms with van der Waals surface area (Å²) in [4.78, 5) is 22.1. The van der Waals surface area contributed by atoms with Gasteiger partial charge in [0.05, 0.1) is 6.10 Å². The van der Waals surface area contributed by atoms with Crippen LogP contribution in [0.25, 0.3) is 0 Å². The molecular formula is C21H29N3O3. The van der Waals surface area contributed by atoms with Crippen LogP contribution in [0.4, 0.5) is 0 Å². The van der Waals surface area contributed by atoms with Gasteiger partial charge >= 0.3 is 5.97 Å². The van der Waals surface area contributed by atoms with Crippen molar-refractivity contribution >= 4 is 5.97 Å². The van der Waals surface area contributed by atoms with E-state index in [4.69, 9.17) is 0 Å². The van der Waals surface area contributed by atoms with Gasteiger partial charge in [0, 0.05) is 37.9 Å². The Kier molecular flexibility index (Phi) is 6.29. The van der Waals surface area contributed by atoms with Crippen LogP contribution in [-0.2, 0) is 24.2 Å². The average molecular weight is 371 g/mol. The van der Waals surface area contributed by atoms with Crippen molar-refractivity contribution in [1.29, 1.82) is 0 Å². The number of aliphatic carboxylic acids is 1. The van der Waals surface area contributed by atoms with Crippen LogP contribution < -0.4 is 0 Å². The lowest BCUT2D eigenvalue weighted by Gasteiger charge is -2.43. The van der Waals surface area contributed by atoms with Gasteiger partial charge in [-0.1, -0.05) is 43.7 Å². The average Bonchev–Trinajstić information content (AvgIpc) is 3.10. The third kappa shape index (κ3) is 4.57. The van der Waals surface area contributed by atoms with E-state index >= 15 is 0 Å². The van der Waals surface area contributed by atoms with Crippen molar-refractivity contribution in [2.75, 3.05) is 13.1 Å². The molecule has 1 aliphatic rings. The van der Waals surface area contributed by atoms with E-state index in [1.165, 1.54) is 0 Å². The van der Waals surface area contributed by atoms with E-state index in [0.29, 0.717) is 32.5 Å². The standard InChI is InChI=1S/C21H29N3O3/c1-2-3-9-19-22-13-17(23-19)14-24-11-10-18(25)21(15-24,20(26)27)12-16-7-5-4-6-8-16/h4-8,13,18,25H,2-3,9-12,14-15H2,1H3,(H,22,23)(H,26,27)/t18-,21-/m1/s1. The number of aromatic nitrogens is 2. The molecule has 1 fully saturated rings. The van der Waals surface area contributed by atoms with Gasteiger partial charge in [-0.15, -0.1) is 0 Å². The lowest BCUT2D eigenvalue weighted by atomic mass is 9.73. The van der Waals surface area contributed by atoms with Crippen LogP contribution in [0.1, 0.15) is 43.3 Å². The maximum Gasteiger partial charge on any atom is 0.313 e. The maximum atomic E-state index is 12.2. The van der Waals surface area contributed by atoms with Crippen LogP contribution >= 0.6 is 0 Å². The Balaban J connectivity index is 1.73. The number of nitrogens with one attached hydrogen (secondary N) is 1. The lowest BCUT2D eigenvalue weighted by molar-refractivity contribution is -0.163. The van der Waals surface area contributed by atoms with Gasteiger partial charge in [-0.05, 0) is 24.8 Å². The summed E-state index contributed by atoms with van der Waals surface area (Å²) < 4.78 is 0. The molecule has 3 N–H and O–H groups in total. The zero-order valence-corrected chi connectivity index (χ0v) is 15.9. The Bertz CT molecular complexity index is 746. The number of hydrogen-bond acceptors (Lipinski definition) is 4. The quantitative estimate of drug-likeness (QED) is 0.664. The fourth-order valence-electron chi connectivity index (χ4n) is 3.92. The normalized spacial score (nSPS) is 23.4. The van der Waals surface area contributed by atoms with Crippen molar-refractivity contribution < 1.29 is 15.0 Å². The zero-order chi connectivity index (χ0) is 19.3. The summed E-state index contributed by atoms with van der Waals surface area (Å²) >= 11 is 0. The molecule has 1 aromatic carbocycles. The third-order valence-electron chi connectivity index (χ3n) is 5.49. The number of H-pyrrole nitrogens is 1. The topological polar surface area (TPSA) is 89.4 Å². The molecule has 1 aromatic heterocycles. The van der Waals surface area contributed by atoms with Crippen LogP contribution in [-0.4, -0.2) is 50.2 Å². The molecule has 27 heavy (non-hydrogen) atoms. The Morgan fingerprint density at radius 3 is 2.85 bits per heavy atom. The molecule has 0 unspecified atom stereocenters. The van der Waals surface area contributed by atoms with E-state index in [1.807, 2.05) is 36.5 Å². The predicted molar refractivity (Wildman–Crippen MR) is 103 cm³/mol. The minimum atomic E-state index is -1.19. The minimum absolute atomic E-state index is 0.321. The van der Waals surface area contributed by atoms with E-state index in [9.17, 15) is 15.0 Å². The first-order valence-electron chi connectivity index (χ1n) is 9.74. The second kappa shape index (κ2) is 8.67. The monoisotopic (exact) mass is 371 g/mol. The van der Waals surface area contributed by atoms with E-state index in [0.717, 1.165) is 36.3 Å². The molecule has 146 valence electrons. The molecular weight excluding hydrogens is 342 g/mol. The number of benzene rings is 1. The molecule has 0 amide bonds. The molecule has 0 saturated carbocycles. The number of rotatable bonds is 8. The molecule has 2 atom stereocenters. The van der Waals surface area contributed by atoms with E-state index in [-0.39, 0.29) is 0 Å². The molecule has 2 heterocycles. The molecule has 6 nitrogen and oxygen atoms in total. The molecule has 0 bridgehead atoms. The van der Waals surface area contributed by atoms with Crippen molar-refractivity contribution in [3.05, 3.63) is 53.6 Å². The predicted octanol–water partition coefficient (Wildman–Crippen LogP) is 2.63. The summed E-state index contributed by atoms with van der Waals surface area (Å²) in [5, 5.41) is 20.6. The Hall–Kier alpha value is -2.18. The maximum absolute atomic E-state index is 12.2. The van der Waals surface area contributed by atoms with E-state index in [2.05, 4.69) is 21.8 Å². The summed E-state index contributed by atoms with van der Waals surface area (Å²) in [6.45, 7) is 3.77. The van der Waals surface area contributed by atoms with E-state index < -0.39 is 17.5 Å². The third-order valence-corrected chi connectivity index (χ3v) is 5.49. The highest BCUT2D eigenvalue weighted by Gasteiger charge is 2.49. The number of carboxylic acid groups (broad SMARTS) is 1. The highest BCUT2D eigenvalue weighted by Crippen LogP contribution is 2.35. The van der Waals surface area contributed by atoms with Crippen LogP contribution in [0.5, 0.6) is 0 Å². The highest BCUT2D eigenvalue weighted by molar-refractivity contribution is 5.76. The number of likely N-dealkylation sites (tertiary alicyclic amines) is 1. The molecule has 6 heteroatoms. The van der Waals surface area contributed by atoms with Crippen LogP contribution in [0.2, 0.25) is 0 Å². The van der Waals surface area contributed by atoms with Crippen LogP contribution in [0.3, 0.4) is 0 Å². The van der Waals surface area contributed by atoms with Crippen molar-refractivity contribution in [3.8, 4) is 0 Å². The number of aliphatic hydroxyl groups is 1. The number of nitrogens with zero attached hydrogens (tertiary/aromatic N) is 2. The number of carboxylic acids is 1. The second-order valence-corrected chi connectivity index (χ2v) is 7.60. The Labute approximate surface area is 160 Å². The van der Waals surface area contributed by atoms with Gasteiger partial charge in [-0.3, -0.25) is 9.69 Å². The SMILES string of the molecule is CCCCc1ncc(CN2CC[C@@H](O)[C@](Cc3ccccc3)(C(=O)O)C2)[nH]1. The summed E-state index contributed by atoms with van der Waals surface area (Å²) in [5.74, 6) is 0.0504. The fourth-order valence-corrected chi connectivity index (χ4v) is 3.92. The number of aryl methyl sites for hydroxylation is 1. The van der Waals surface area contributed by atoms with E-state index in [1.54, 1.807) is 0 Å². The molecule has 1 aliphatic heterocycles. The molecule has 2 aromatic rings. The van der Waals surface area contributed by atoms with Crippen molar-refractivity contribution in [2.24, 2.45) is 5.41 Å². The van der Waals surface area contributed by atoms with Crippen molar-refractivity contribution in [2.45, 2.75) is 51.7 Å². The molecule has 0 aliphatic carbocycles. The fraction of sp³-hybridized carbons (Fsp3) is 0.524. The summed E-state index contributed by atoms with van der Waals surface area (Å²) in [6.07, 6.45) is 4.93. The highest BCUT2D eigenvalue weighted by atomic mass is 16.4. The van der Waals surface area contributed by atoms with Gasteiger partial charge in [0.2, 0.25) is 0 Å². The Morgan fingerprint density at radius 2 is 2.15 bits per heavy atom. The first kappa shape index (κ1) is 19.6.